The standard InChI is InChI=1S/C18H21FN2O3/c1-14(23)21-12-18(19,13-21)8-7-15-5-6-17(24-10-4-9-22)16(11-15)20(2)3/h5-6,9,11H,4,10,12-13H2,1-3H3. The highest BCUT2D eigenvalue weighted by Crippen LogP contribution is 2.29. The number of halogens is 1. The van der Waals surface area contributed by atoms with Crippen LogP contribution in [0.4, 0.5) is 10.1 Å². The first-order chi connectivity index (χ1) is 11.3. The fourth-order valence-corrected chi connectivity index (χ4v) is 2.33. The van der Waals surface area contributed by atoms with E-state index in [2.05, 4.69) is 11.8 Å². The summed E-state index contributed by atoms with van der Waals surface area (Å²) in [5.41, 5.74) is -0.164. The normalized spacial score (nSPS) is 14.9. The van der Waals surface area contributed by atoms with E-state index in [1.807, 2.05) is 25.1 Å². The fraction of sp³-hybridized carbons (Fsp3) is 0.444. The summed E-state index contributed by atoms with van der Waals surface area (Å²) in [5.74, 6) is 5.96. The molecule has 1 aliphatic heterocycles. The van der Waals surface area contributed by atoms with Gasteiger partial charge in [0.25, 0.3) is 0 Å². The lowest BCUT2D eigenvalue weighted by atomic mass is 9.96. The molecule has 0 aliphatic carbocycles. The first-order valence-electron chi connectivity index (χ1n) is 7.70. The first kappa shape index (κ1) is 17.8. The lowest BCUT2D eigenvalue weighted by Gasteiger charge is -2.40. The van der Waals surface area contributed by atoms with Crippen LogP contribution in [0.1, 0.15) is 18.9 Å². The number of hydrogen-bond donors (Lipinski definition) is 0. The molecule has 0 bridgehead atoms. The zero-order valence-corrected chi connectivity index (χ0v) is 14.1. The maximum atomic E-state index is 14.3. The molecule has 1 heterocycles. The number of carbonyl (C=O) groups is 2. The van der Waals surface area contributed by atoms with E-state index >= 15 is 0 Å². The molecule has 0 aromatic heterocycles. The summed E-state index contributed by atoms with van der Waals surface area (Å²) in [6, 6.07) is 5.33. The Labute approximate surface area is 141 Å². The van der Waals surface area contributed by atoms with Gasteiger partial charge >= 0.3 is 0 Å². The molecular weight excluding hydrogens is 311 g/mol. The minimum atomic E-state index is -1.64. The van der Waals surface area contributed by atoms with Crippen LogP contribution in [0, 0.1) is 11.8 Å². The van der Waals surface area contributed by atoms with E-state index in [1.54, 1.807) is 12.1 Å². The monoisotopic (exact) mass is 332 g/mol. The Kier molecular flexibility index (Phi) is 5.45. The molecular formula is C18H21FN2O3. The number of ether oxygens (including phenoxy) is 1. The van der Waals surface area contributed by atoms with Crippen molar-refractivity contribution in [3.05, 3.63) is 23.8 Å². The Morgan fingerprint density at radius 3 is 2.75 bits per heavy atom. The van der Waals surface area contributed by atoms with Crippen molar-refractivity contribution >= 4 is 17.9 Å². The Morgan fingerprint density at radius 2 is 2.17 bits per heavy atom. The van der Waals surface area contributed by atoms with Crippen LogP contribution in [-0.4, -0.2) is 56.6 Å². The quantitative estimate of drug-likeness (QED) is 0.467. The number of rotatable bonds is 5. The fourth-order valence-electron chi connectivity index (χ4n) is 2.33. The maximum Gasteiger partial charge on any atom is 0.219 e. The molecule has 128 valence electrons. The van der Waals surface area contributed by atoms with Crippen LogP contribution in [0.5, 0.6) is 5.75 Å². The molecule has 1 aromatic carbocycles. The number of aldehydes is 1. The van der Waals surface area contributed by atoms with Crippen molar-refractivity contribution in [3.63, 3.8) is 0 Å². The van der Waals surface area contributed by atoms with Gasteiger partial charge in [0.15, 0.2) is 0 Å². The van der Waals surface area contributed by atoms with Crippen molar-refractivity contribution < 1.29 is 18.7 Å². The van der Waals surface area contributed by atoms with Crippen molar-refractivity contribution in [1.29, 1.82) is 0 Å². The van der Waals surface area contributed by atoms with E-state index < -0.39 is 5.67 Å². The predicted octanol–water partition coefficient (Wildman–Crippen LogP) is 1.64. The number of carbonyl (C=O) groups excluding carboxylic acids is 2. The minimum Gasteiger partial charge on any atom is -0.491 e. The van der Waals surface area contributed by atoms with Gasteiger partial charge in [0.05, 0.1) is 25.4 Å². The Hall–Kier alpha value is -2.55. The van der Waals surface area contributed by atoms with Crippen LogP contribution in [0.2, 0.25) is 0 Å². The van der Waals surface area contributed by atoms with E-state index in [0.717, 1.165) is 12.0 Å². The predicted molar refractivity (Wildman–Crippen MR) is 89.9 cm³/mol. The molecule has 5 nitrogen and oxygen atoms in total. The van der Waals surface area contributed by atoms with E-state index in [9.17, 15) is 14.0 Å². The molecule has 1 fully saturated rings. The van der Waals surface area contributed by atoms with Gasteiger partial charge in [-0.25, -0.2) is 4.39 Å². The zero-order valence-electron chi connectivity index (χ0n) is 14.1. The average Bonchev–Trinajstić information content (AvgIpc) is 2.50. The number of alkyl halides is 1. The van der Waals surface area contributed by atoms with Crippen LogP contribution < -0.4 is 9.64 Å². The summed E-state index contributed by atoms with van der Waals surface area (Å²) >= 11 is 0. The van der Waals surface area contributed by atoms with Gasteiger partial charge in [-0.05, 0) is 18.2 Å². The third kappa shape index (κ3) is 4.25. The number of benzene rings is 1. The Bertz CT molecular complexity index is 685. The number of amides is 1. The topological polar surface area (TPSA) is 49.9 Å². The molecule has 24 heavy (non-hydrogen) atoms. The second-order valence-corrected chi connectivity index (χ2v) is 5.97. The lowest BCUT2D eigenvalue weighted by molar-refractivity contribution is -0.138. The van der Waals surface area contributed by atoms with Gasteiger partial charge < -0.3 is 19.3 Å². The third-order valence-electron chi connectivity index (χ3n) is 3.69. The second-order valence-electron chi connectivity index (χ2n) is 5.97. The minimum absolute atomic E-state index is 0.0166. The molecule has 1 amide bonds. The van der Waals surface area contributed by atoms with Gasteiger partial charge in [-0.1, -0.05) is 11.8 Å². The van der Waals surface area contributed by atoms with E-state index in [1.165, 1.54) is 11.8 Å². The van der Waals surface area contributed by atoms with Gasteiger partial charge in [0, 0.05) is 33.0 Å². The molecule has 1 aliphatic rings. The molecule has 0 saturated carbocycles. The maximum absolute atomic E-state index is 14.3. The van der Waals surface area contributed by atoms with Crippen LogP contribution >= 0.6 is 0 Å². The van der Waals surface area contributed by atoms with Gasteiger partial charge in [0.1, 0.15) is 12.0 Å². The van der Waals surface area contributed by atoms with Crippen molar-refractivity contribution in [2.45, 2.75) is 19.0 Å². The third-order valence-corrected chi connectivity index (χ3v) is 3.69. The van der Waals surface area contributed by atoms with E-state index in [-0.39, 0.29) is 19.0 Å². The highest BCUT2D eigenvalue weighted by Gasteiger charge is 2.43. The zero-order chi connectivity index (χ0) is 17.7. The summed E-state index contributed by atoms with van der Waals surface area (Å²) < 4.78 is 19.9. The molecule has 0 N–H and O–H groups in total. The highest BCUT2D eigenvalue weighted by molar-refractivity contribution is 5.75. The molecule has 2 rings (SSSR count). The smallest absolute Gasteiger partial charge is 0.219 e. The molecule has 0 spiro atoms. The first-order valence-corrected chi connectivity index (χ1v) is 7.70. The summed E-state index contributed by atoms with van der Waals surface area (Å²) in [5, 5.41) is 0. The molecule has 6 heteroatoms. The van der Waals surface area contributed by atoms with Crippen LogP contribution in [-0.2, 0) is 9.59 Å². The molecule has 0 radical (unpaired) electrons. The molecule has 0 atom stereocenters. The van der Waals surface area contributed by atoms with Crippen molar-refractivity contribution in [2.75, 3.05) is 38.7 Å². The average molecular weight is 332 g/mol. The van der Waals surface area contributed by atoms with Crippen molar-refractivity contribution in [1.82, 2.24) is 4.90 Å². The molecule has 0 unspecified atom stereocenters. The lowest BCUT2D eigenvalue weighted by Crippen LogP contribution is -2.59. The van der Waals surface area contributed by atoms with Crippen molar-refractivity contribution in [2.24, 2.45) is 0 Å². The summed E-state index contributed by atoms with van der Waals surface area (Å²) in [4.78, 5) is 24.8. The Morgan fingerprint density at radius 1 is 1.46 bits per heavy atom. The van der Waals surface area contributed by atoms with Gasteiger partial charge in [-0.2, -0.15) is 0 Å². The second kappa shape index (κ2) is 7.35. The van der Waals surface area contributed by atoms with Crippen LogP contribution in [0.25, 0.3) is 0 Å². The van der Waals surface area contributed by atoms with E-state index in [0.29, 0.717) is 24.3 Å². The summed E-state index contributed by atoms with van der Waals surface area (Å²) in [6.45, 7) is 1.76. The summed E-state index contributed by atoms with van der Waals surface area (Å²) in [7, 11) is 3.73. The number of hydrogen-bond acceptors (Lipinski definition) is 4. The van der Waals surface area contributed by atoms with Gasteiger partial charge in [-0.3, -0.25) is 4.79 Å². The summed E-state index contributed by atoms with van der Waals surface area (Å²) in [6.07, 6.45) is 1.13. The largest absolute Gasteiger partial charge is 0.491 e. The SMILES string of the molecule is CC(=O)N1CC(F)(C#Cc2ccc(OCCC=O)c(N(C)C)c2)C1. The van der Waals surface area contributed by atoms with Crippen LogP contribution in [0.3, 0.4) is 0 Å². The van der Waals surface area contributed by atoms with Gasteiger partial charge in [0.2, 0.25) is 11.6 Å². The number of nitrogens with zero attached hydrogens (tertiary/aromatic N) is 2. The number of likely N-dealkylation sites (tertiary alicyclic amines) is 1. The number of anilines is 1. The van der Waals surface area contributed by atoms with Crippen LogP contribution in [0.15, 0.2) is 18.2 Å². The highest BCUT2D eigenvalue weighted by atomic mass is 19.1. The Balaban J connectivity index is 2.12. The van der Waals surface area contributed by atoms with Gasteiger partial charge in [-0.15, -0.1) is 0 Å². The molecule has 1 aromatic rings. The molecule has 1 saturated heterocycles. The van der Waals surface area contributed by atoms with Crippen molar-refractivity contribution in [3.8, 4) is 17.6 Å². The van der Waals surface area contributed by atoms with E-state index in [4.69, 9.17) is 4.74 Å².